The van der Waals surface area contributed by atoms with E-state index in [9.17, 15) is 22.8 Å². The number of carbonyl (C=O) groups is 2. The lowest BCUT2D eigenvalue weighted by molar-refractivity contribution is -0.137. The number of carbonyl (C=O) groups excluding carboxylic acids is 2. The Hall–Kier alpha value is -3.99. The van der Waals surface area contributed by atoms with E-state index < -0.39 is 23.7 Å². The Balaban J connectivity index is 1.28. The van der Waals surface area contributed by atoms with Gasteiger partial charge in [0.15, 0.2) is 5.16 Å². The number of amides is 3. The number of imidazole rings is 1. The minimum atomic E-state index is -4.53. The van der Waals surface area contributed by atoms with Crippen LogP contribution in [0.4, 0.5) is 23.7 Å². The van der Waals surface area contributed by atoms with Crippen LogP contribution in [0, 0.1) is 0 Å². The fourth-order valence-electron chi connectivity index (χ4n) is 3.27. The maximum Gasteiger partial charge on any atom is 0.416 e. The van der Waals surface area contributed by atoms with Gasteiger partial charge in [-0.25, -0.2) is 15.2 Å². The number of anilines is 1. The molecule has 0 aliphatic rings. The minimum absolute atomic E-state index is 0.0611. The van der Waals surface area contributed by atoms with Crippen molar-refractivity contribution < 1.29 is 22.8 Å². The van der Waals surface area contributed by atoms with Crippen LogP contribution in [-0.4, -0.2) is 21.5 Å². The van der Waals surface area contributed by atoms with Gasteiger partial charge in [-0.3, -0.25) is 10.2 Å². The lowest BCUT2D eigenvalue weighted by Gasteiger charge is -2.11. The van der Waals surface area contributed by atoms with Crippen LogP contribution in [-0.2, 0) is 19.0 Å². The highest BCUT2D eigenvalue weighted by atomic mass is 32.2. The van der Waals surface area contributed by atoms with Crippen LogP contribution in [0.15, 0.2) is 78.0 Å². The van der Waals surface area contributed by atoms with Crippen molar-refractivity contribution in [3.05, 3.63) is 89.5 Å². The standard InChI is InChI=1S/C24H20F3N5O2S/c1-32-20-8-3-2-7-19(20)29-23(32)35-14-15-9-11-16(12-10-15)21(33)30-31-22(34)28-18-6-4-5-17(13-18)24(25,26)27/h2-13H,14H2,1H3,(H,30,33)(H2,28,31,34). The van der Waals surface area contributed by atoms with Gasteiger partial charge >= 0.3 is 12.2 Å². The number of nitrogens with one attached hydrogen (secondary N) is 3. The van der Waals surface area contributed by atoms with E-state index in [0.29, 0.717) is 11.3 Å². The van der Waals surface area contributed by atoms with Gasteiger partial charge in [0.2, 0.25) is 0 Å². The molecule has 7 nitrogen and oxygen atoms in total. The summed E-state index contributed by atoms with van der Waals surface area (Å²) in [5.41, 5.74) is 6.65. The summed E-state index contributed by atoms with van der Waals surface area (Å²) in [5, 5.41) is 3.12. The highest BCUT2D eigenvalue weighted by molar-refractivity contribution is 7.98. The zero-order valence-electron chi connectivity index (χ0n) is 18.4. The lowest BCUT2D eigenvalue weighted by Crippen LogP contribution is -2.43. The third-order valence-corrected chi connectivity index (χ3v) is 6.17. The molecular formula is C24H20F3N5O2S. The summed E-state index contributed by atoms with van der Waals surface area (Å²) in [6, 6.07) is 18.0. The second-order valence-electron chi connectivity index (χ2n) is 7.54. The molecule has 4 rings (SSSR count). The maximum absolute atomic E-state index is 12.8. The van der Waals surface area contributed by atoms with Crippen LogP contribution < -0.4 is 16.2 Å². The zero-order chi connectivity index (χ0) is 25.0. The molecule has 180 valence electrons. The van der Waals surface area contributed by atoms with Gasteiger partial charge in [0, 0.05) is 24.1 Å². The number of aryl methyl sites for hydroxylation is 1. The molecule has 0 saturated heterocycles. The number of hydrogen-bond donors (Lipinski definition) is 3. The summed E-state index contributed by atoms with van der Waals surface area (Å²) in [6.45, 7) is 0. The molecule has 0 spiro atoms. The van der Waals surface area contributed by atoms with E-state index in [1.165, 1.54) is 12.1 Å². The zero-order valence-corrected chi connectivity index (χ0v) is 19.2. The van der Waals surface area contributed by atoms with Crippen molar-refractivity contribution in [2.45, 2.75) is 17.1 Å². The summed E-state index contributed by atoms with van der Waals surface area (Å²) in [7, 11) is 1.96. The molecule has 0 aliphatic carbocycles. The van der Waals surface area contributed by atoms with Crippen molar-refractivity contribution in [1.29, 1.82) is 0 Å². The van der Waals surface area contributed by atoms with E-state index >= 15 is 0 Å². The predicted molar refractivity (Wildman–Crippen MR) is 128 cm³/mol. The molecule has 0 radical (unpaired) electrons. The Bertz CT molecular complexity index is 1370. The van der Waals surface area contributed by atoms with Gasteiger partial charge in [0.1, 0.15) is 0 Å². The van der Waals surface area contributed by atoms with Gasteiger partial charge in [-0.2, -0.15) is 13.2 Å². The minimum Gasteiger partial charge on any atom is -0.322 e. The Labute approximate surface area is 202 Å². The molecule has 0 bridgehead atoms. The Kier molecular flexibility index (Phi) is 6.97. The second kappa shape index (κ2) is 10.1. The molecular weight excluding hydrogens is 479 g/mol. The molecule has 0 fully saturated rings. The topological polar surface area (TPSA) is 88.0 Å². The monoisotopic (exact) mass is 499 g/mol. The van der Waals surface area contributed by atoms with Crippen LogP contribution in [0.3, 0.4) is 0 Å². The first kappa shape index (κ1) is 24.1. The first-order valence-corrected chi connectivity index (χ1v) is 11.4. The lowest BCUT2D eigenvalue weighted by atomic mass is 10.1. The molecule has 11 heteroatoms. The van der Waals surface area contributed by atoms with Gasteiger partial charge in [-0.15, -0.1) is 0 Å². The number of para-hydroxylation sites is 2. The summed E-state index contributed by atoms with van der Waals surface area (Å²) >= 11 is 1.57. The van der Waals surface area contributed by atoms with Crippen molar-refractivity contribution in [1.82, 2.24) is 20.4 Å². The van der Waals surface area contributed by atoms with Crippen LogP contribution in [0.25, 0.3) is 11.0 Å². The number of hydrazine groups is 1. The smallest absolute Gasteiger partial charge is 0.322 e. The Morgan fingerprint density at radius 1 is 0.971 bits per heavy atom. The highest BCUT2D eigenvalue weighted by Crippen LogP contribution is 2.30. The van der Waals surface area contributed by atoms with Crippen molar-refractivity contribution in [3.8, 4) is 0 Å². The third kappa shape index (κ3) is 5.93. The molecule has 3 aromatic carbocycles. The molecule has 1 heterocycles. The Morgan fingerprint density at radius 3 is 2.43 bits per heavy atom. The summed E-state index contributed by atoms with van der Waals surface area (Å²) < 4.78 is 40.4. The van der Waals surface area contributed by atoms with Gasteiger partial charge in [-0.05, 0) is 48.0 Å². The fourth-order valence-corrected chi connectivity index (χ4v) is 4.22. The van der Waals surface area contributed by atoms with Crippen molar-refractivity contribution in [2.24, 2.45) is 7.05 Å². The molecule has 1 aromatic heterocycles. The average molecular weight is 500 g/mol. The quantitative estimate of drug-likeness (QED) is 0.255. The second-order valence-corrected chi connectivity index (χ2v) is 8.48. The summed E-state index contributed by atoms with van der Waals surface area (Å²) in [5.74, 6) is 0.0789. The largest absolute Gasteiger partial charge is 0.416 e. The number of alkyl halides is 3. The van der Waals surface area contributed by atoms with Gasteiger partial charge < -0.3 is 9.88 Å². The van der Waals surface area contributed by atoms with E-state index in [4.69, 9.17) is 0 Å². The number of nitrogens with zero attached hydrogens (tertiary/aromatic N) is 2. The SMILES string of the molecule is Cn1c(SCc2ccc(C(=O)NNC(=O)Nc3cccc(C(F)(F)F)c3)cc2)nc2ccccc21. The summed E-state index contributed by atoms with van der Waals surface area (Å²) in [6.07, 6.45) is -4.53. The summed E-state index contributed by atoms with van der Waals surface area (Å²) in [4.78, 5) is 28.9. The molecule has 4 aromatic rings. The van der Waals surface area contributed by atoms with Crippen LogP contribution in [0.2, 0.25) is 0 Å². The number of thioether (sulfide) groups is 1. The average Bonchev–Trinajstić information content (AvgIpc) is 3.17. The number of hydrogen-bond acceptors (Lipinski definition) is 4. The van der Waals surface area contributed by atoms with Crippen LogP contribution in [0.5, 0.6) is 0 Å². The first-order valence-electron chi connectivity index (χ1n) is 10.4. The Morgan fingerprint density at radius 2 is 1.71 bits per heavy atom. The van der Waals surface area contributed by atoms with E-state index in [-0.39, 0.29) is 5.69 Å². The maximum atomic E-state index is 12.8. The van der Waals surface area contributed by atoms with E-state index in [2.05, 4.69) is 21.2 Å². The van der Waals surface area contributed by atoms with Gasteiger partial charge in [0.25, 0.3) is 5.91 Å². The van der Waals surface area contributed by atoms with Crippen LogP contribution in [0.1, 0.15) is 21.5 Å². The molecule has 0 unspecified atom stereocenters. The number of halogens is 3. The molecule has 3 amide bonds. The van der Waals surface area contributed by atoms with E-state index in [1.807, 2.05) is 35.9 Å². The van der Waals surface area contributed by atoms with Gasteiger partial charge in [-0.1, -0.05) is 42.1 Å². The van der Waals surface area contributed by atoms with Gasteiger partial charge in [0.05, 0.1) is 16.6 Å². The third-order valence-electron chi connectivity index (χ3n) is 5.07. The number of urea groups is 1. The van der Waals surface area contributed by atoms with E-state index in [0.717, 1.165) is 33.9 Å². The highest BCUT2D eigenvalue weighted by Gasteiger charge is 2.30. The molecule has 0 aliphatic heterocycles. The number of fused-ring (bicyclic) bond motifs is 1. The normalized spacial score (nSPS) is 11.3. The number of rotatable bonds is 5. The molecule has 0 atom stereocenters. The van der Waals surface area contributed by atoms with Crippen molar-refractivity contribution >= 4 is 40.4 Å². The predicted octanol–water partition coefficient (Wildman–Crippen LogP) is 5.35. The number of benzene rings is 3. The van der Waals surface area contributed by atoms with E-state index in [1.54, 1.807) is 36.0 Å². The fraction of sp³-hybridized carbons (Fsp3) is 0.125. The van der Waals surface area contributed by atoms with Crippen molar-refractivity contribution in [3.63, 3.8) is 0 Å². The van der Waals surface area contributed by atoms with Crippen LogP contribution >= 0.6 is 11.8 Å². The number of aromatic nitrogens is 2. The molecule has 0 saturated carbocycles. The first-order chi connectivity index (χ1) is 16.7. The van der Waals surface area contributed by atoms with Crippen molar-refractivity contribution in [2.75, 3.05) is 5.32 Å². The molecule has 35 heavy (non-hydrogen) atoms. The molecule has 3 N–H and O–H groups in total.